The molecule has 5 nitrogen and oxygen atoms in total. The van der Waals surface area contributed by atoms with E-state index in [1.807, 2.05) is 47.4 Å². The molecule has 0 unspecified atom stereocenters. The van der Waals surface area contributed by atoms with Crippen molar-refractivity contribution in [2.75, 3.05) is 12.3 Å². The van der Waals surface area contributed by atoms with Crippen LogP contribution in [-0.4, -0.2) is 27.3 Å². The molecule has 0 saturated carbocycles. The largest absolute Gasteiger partial charge is 0.383 e. The SMILES string of the molecule is Nc1ncnc2c1CCN(C(=O)c1ccc3ccccc3c1)C2. The monoisotopic (exact) mass is 304 g/mol. The van der Waals surface area contributed by atoms with Crippen molar-refractivity contribution in [1.29, 1.82) is 0 Å². The number of rotatable bonds is 1. The molecule has 1 aromatic heterocycles. The fraction of sp³-hybridized carbons (Fsp3) is 0.167. The van der Waals surface area contributed by atoms with Crippen LogP contribution in [0, 0.1) is 0 Å². The molecule has 1 aliphatic heterocycles. The number of nitrogens with two attached hydrogens (primary N) is 1. The molecule has 0 radical (unpaired) electrons. The van der Waals surface area contributed by atoms with E-state index >= 15 is 0 Å². The first-order valence-corrected chi connectivity index (χ1v) is 7.58. The number of nitrogen functional groups attached to an aromatic ring is 1. The summed E-state index contributed by atoms with van der Waals surface area (Å²) in [6.45, 7) is 1.12. The van der Waals surface area contributed by atoms with Crippen LogP contribution in [0.1, 0.15) is 21.6 Å². The summed E-state index contributed by atoms with van der Waals surface area (Å²) in [5.74, 6) is 0.548. The third-order valence-electron chi connectivity index (χ3n) is 4.32. The number of fused-ring (bicyclic) bond motifs is 2. The van der Waals surface area contributed by atoms with Crippen molar-refractivity contribution in [2.24, 2.45) is 0 Å². The second-order valence-electron chi connectivity index (χ2n) is 5.72. The molecule has 0 fully saturated rings. The van der Waals surface area contributed by atoms with Crippen LogP contribution >= 0.6 is 0 Å². The maximum Gasteiger partial charge on any atom is 0.254 e. The van der Waals surface area contributed by atoms with Crippen molar-refractivity contribution < 1.29 is 4.79 Å². The summed E-state index contributed by atoms with van der Waals surface area (Å²) in [4.78, 5) is 22.9. The Bertz CT molecular complexity index is 906. The Kier molecular flexibility index (Phi) is 3.19. The van der Waals surface area contributed by atoms with Gasteiger partial charge >= 0.3 is 0 Å². The number of hydrogen-bond acceptors (Lipinski definition) is 4. The quantitative estimate of drug-likeness (QED) is 0.749. The molecular formula is C18H16N4O. The molecule has 3 aromatic rings. The predicted molar refractivity (Wildman–Crippen MR) is 88.8 cm³/mol. The van der Waals surface area contributed by atoms with Crippen molar-refractivity contribution in [3.63, 3.8) is 0 Å². The molecule has 2 aromatic carbocycles. The van der Waals surface area contributed by atoms with E-state index in [-0.39, 0.29) is 5.91 Å². The zero-order valence-electron chi connectivity index (χ0n) is 12.6. The molecule has 0 atom stereocenters. The number of carbonyl (C=O) groups is 1. The molecule has 0 saturated heterocycles. The first-order chi connectivity index (χ1) is 11.2. The van der Waals surface area contributed by atoms with E-state index in [1.54, 1.807) is 0 Å². The lowest BCUT2D eigenvalue weighted by molar-refractivity contribution is 0.0732. The number of anilines is 1. The Balaban J connectivity index is 1.64. The average Bonchev–Trinajstić information content (AvgIpc) is 2.60. The van der Waals surface area contributed by atoms with Crippen LogP contribution in [0.25, 0.3) is 10.8 Å². The van der Waals surface area contributed by atoms with Crippen molar-refractivity contribution in [1.82, 2.24) is 14.9 Å². The molecular weight excluding hydrogens is 288 g/mol. The smallest absolute Gasteiger partial charge is 0.254 e. The second-order valence-corrected chi connectivity index (χ2v) is 5.72. The number of amides is 1. The highest BCUT2D eigenvalue weighted by atomic mass is 16.2. The molecule has 23 heavy (non-hydrogen) atoms. The molecule has 114 valence electrons. The van der Waals surface area contributed by atoms with Gasteiger partial charge in [0.15, 0.2) is 0 Å². The fourth-order valence-electron chi connectivity index (χ4n) is 3.06. The normalized spacial score (nSPS) is 13.8. The third kappa shape index (κ3) is 2.40. The number of aromatic nitrogens is 2. The Labute approximate surface area is 133 Å². The van der Waals surface area contributed by atoms with Crippen LogP contribution in [-0.2, 0) is 13.0 Å². The summed E-state index contributed by atoms with van der Waals surface area (Å²) in [6, 6.07) is 13.9. The maximum atomic E-state index is 12.8. The minimum absolute atomic E-state index is 0.0265. The van der Waals surface area contributed by atoms with Gasteiger partial charge in [0.1, 0.15) is 12.1 Å². The summed E-state index contributed by atoms with van der Waals surface area (Å²) in [5, 5.41) is 2.20. The van der Waals surface area contributed by atoms with Crippen molar-refractivity contribution in [3.8, 4) is 0 Å². The standard InChI is InChI=1S/C18H16N4O/c19-17-15-7-8-22(10-16(15)20-11-21-17)18(23)14-6-5-12-3-1-2-4-13(12)9-14/h1-6,9,11H,7-8,10H2,(H2,19,20,21). The summed E-state index contributed by atoms with van der Waals surface area (Å²) < 4.78 is 0. The van der Waals surface area contributed by atoms with Gasteiger partial charge in [-0.25, -0.2) is 9.97 Å². The predicted octanol–water partition coefficient (Wildman–Crippen LogP) is 2.41. The van der Waals surface area contributed by atoms with Crippen LogP contribution in [0.4, 0.5) is 5.82 Å². The van der Waals surface area contributed by atoms with Gasteiger partial charge < -0.3 is 10.6 Å². The van der Waals surface area contributed by atoms with Crippen molar-refractivity contribution in [3.05, 3.63) is 65.6 Å². The first kappa shape index (κ1) is 13.7. The van der Waals surface area contributed by atoms with Gasteiger partial charge in [-0.1, -0.05) is 30.3 Å². The minimum atomic E-state index is 0.0265. The van der Waals surface area contributed by atoms with Gasteiger partial charge in [0.25, 0.3) is 5.91 Å². The van der Waals surface area contributed by atoms with Crippen molar-refractivity contribution in [2.45, 2.75) is 13.0 Å². The molecule has 0 aliphatic carbocycles. The topological polar surface area (TPSA) is 72.1 Å². The van der Waals surface area contributed by atoms with Crippen LogP contribution in [0.3, 0.4) is 0 Å². The highest BCUT2D eigenvalue weighted by molar-refractivity contribution is 5.98. The van der Waals surface area contributed by atoms with Gasteiger partial charge in [0.05, 0.1) is 12.2 Å². The molecule has 2 N–H and O–H groups in total. The lowest BCUT2D eigenvalue weighted by Gasteiger charge is -2.28. The lowest BCUT2D eigenvalue weighted by atomic mass is 10.0. The van der Waals surface area contributed by atoms with E-state index < -0.39 is 0 Å². The van der Waals surface area contributed by atoms with Crippen LogP contribution in [0.2, 0.25) is 0 Å². The summed E-state index contributed by atoms with van der Waals surface area (Å²) in [5.41, 5.74) is 8.40. The lowest BCUT2D eigenvalue weighted by Crippen LogP contribution is -2.36. The highest BCUT2D eigenvalue weighted by Gasteiger charge is 2.24. The number of carbonyl (C=O) groups excluding carboxylic acids is 1. The van der Waals surface area contributed by atoms with Crippen LogP contribution in [0.5, 0.6) is 0 Å². The number of hydrogen-bond donors (Lipinski definition) is 1. The third-order valence-corrected chi connectivity index (χ3v) is 4.32. The van der Waals surface area contributed by atoms with Crippen LogP contribution in [0.15, 0.2) is 48.8 Å². The molecule has 0 bridgehead atoms. The van der Waals surface area contributed by atoms with E-state index in [0.29, 0.717) is 30.9 Å². The second kappa shape index (κ2) is 5.35. The van der Waals surface area contributed by atoms with Crippen molar-refractivity contribution >= 4 is 22.5 Å². The maximum absolute atomic E-state index is 12.8. The molecule has 0 spiro atoms. The Hall–Kier alpha value is -2.95. The minimum Gasteiger partial charge on any atom is -0.383 e. The van der Waals surface area contributed by atoms with Gasteiger partial charge in [-0.05, 0) is 29.3 Å². The zero-order valence-corrected chi connectivity index (χ0v) is 12.6. The number of nitrogens with zero attached hydrogens (tertiary/aromatic N) is 3. The molecule has 1 amide bonds. The zero-order chi connectivity index (χ0) is 15.8. The van der Waals surface area contributed by atoms with E-state index in [2.05, 4.69) is 9.97 Å². The van der Waals surface area contributed by atoms with E-state index in [4.69, 9.17) is 5.73 Å². The average molecular weight is 304 g/mol. The molecule has 5 heteroatoms. The Morgan fingerprint density at radius 1 is 1.09 bits per heavy atom. The van der Waals surface area contributed by atoms with Crippen LogP contribution < -0.4 is 5.73 Å². The molecule has 2 heterocycles. The van der Waals surface area contributed by atoms with Gasteiger partial charge in [0, 0.05) is 17.7 Å². The summed E-state index contributed by atoms with van der Waals surface area (Å²) >= 11 is 0. The fourth-order valence-corrected chi connectivity index (χ4v) is 3.06. The van der Waals surface area contributed by atoms with E-state index in [1.165, 1.54) is 6.33 Å². The number of benzene rings is 2. The molecule has 4 rings (SSSR count). The van der Waals surface area contributed by atoms with E-state index in [0.717, 1.165) is 22.0 Å². The van der Waals surface area contributed by atoms with Gasteiger partial charge in [-0.2, -0.15) is 0 Å². The van der Waals surface area contributed by atoms with E-state index in [9.17, 15) is 4.79 Å². The van der Waals surface area contributed by atoms with Gasteiger partial charge in [-0.15, -0.1) is 0 Å². The Morgan fingerprint density at radius 2 is 1.91 bits per heavy atom. The first-order valence-electron chi connectivity index (χ1n) is 7.58. The summed E-state index contributed by atoms with van der Waals surface area (Å²) in [6.07, 6.45) is 2.15. The highest BCUT2D eigenvalue weighted by Crippen LogP contribution is 2.23. The van der Waals surface area contributed by atoms with Gasteiger partial charge in [0.2, 0.25) is 0 Å². The summed E-state index contributed by atoms with van der Waals surface area (Å²) in [7, 11) is 0. The van der Waals surface area contributed by atoms with Gasteiger partial charge in [-0.3, -0.25) is 4.79 Å². The Morgan fingerprint density at radius 3 is 2.78 bits per heavy atom. The molecule has 1 aliphatic rings.